The third-order valence-electron chi connectivity index (χ3n) is 10.6. The van der Waals surface area contributed by atoms with Crippen LogP contribution >= 0.6 is 0 Å². The average molecular weight is 664 g/mol. The maximum Gasteiger partial charge on any atom is 0.306 e. The number of aliphatic hydroxyl groups excluding tert-OH is 1. The zero-order chi connectivity index (χ0) is 35.0. The van der Waals surface area contributed by atoms with Gasteiger partial charge in [-0.2, -0.15) is 0 Å². The Morgan fingerprint density at radius 3 is 2.40 bits per heavy atom. The number of likely N-dealkylation sites (tertiary alicyclic amines) is 1. The van der Waals surface area contributed by atoms with Gasteiger partial charge in [0.2, 0.25) is 17.7 Å². The molecule has 0 aromatic heterocycles. The summed E-state index contributed by atoms with van der Waals surface area (Å²) in [5.74, 6) is -3.48. The van der Waals surface area contributed by atoms with Crippen LogP contribution in [0.1, 0.15) is 85.8 Å². The maximum absolute atomic E-state index is 15.2. The first-order valence-electron chi connectivity index (χ1n) is 17.4. The Morgan fingerprint density at radius 1 is 1.04 bits per heavy atom. The Balaban J connectivity index is 1.64. The van der Waals surface area contributed by atoms with Crippen molar-refractivity contribution in [3.8, 4) is 0 Å². The Morgan fingerprint density at radius 2 is 1.75 bits per heavy atom. The third-order valence-corrected chi connectivity index (χ3v) is 10.6. The molecule has 5 bridgehead atoms. The summed E-state index contributed by atoms with van der Waals surface area (Å²) >= 11 is 0. The molecule has 48 heavy (non-hydrogen) atoms. The van der Waals surface area contributed by atoms with Gasteiger partial charge < -0.3 is 29.7 Å². The first-order chi connectivity index (χ1) is 22.6. The number of hydrogen-bond acceptors (Lipinski definition) is 7. The van der Waals surface area contributed by atoms with Gasteiger partial charge in [-0.3, -0.25) is 19.2 Å². The minimum Gasteiger partial charge on any atom is -0.463 e. The van der Waals surface area contributed by atoms with Crippen LogP contribution in [-0.2, 0) is 28.7 Å². The second-order valence-electron chi connectivity index (χ2n) is 15.7. The molecule has 8 atom stereocenters. The number of esters is 1. The zero-order valence-corrected chi connectivity index (χ0v) is 29.5. The smallest absolute Gasteiger partial charge is 0.306 e. The molecular weight excluding hydrogens is 610 g/mol. The summed E-state index contributed by atoms with van der Waals surface area (Å²) in [5.41, 5.74) is -1.39. The average Bonchev–Trinajstić information content (AvgIpc) is 3.67. The molecule has 4 heterocycles. The van der Waals surface area contributed by atoms with Crippen LogP contribution in [0.15, 0.2) is 54.6 Å². The highest BCUT2D eigenvalue weighted by molar-refractivity contribution is 6.00. The molecule has 2 N–H and O–H groups in total. The van der Waals surface area contributed by atoms with E-state index in [0.717, 1.165) is 5.56 Å². The van der Waals surface area contributed by atoms with Gasteiger partial charge in [-0.05, 0) is 43.6 Å². The van der Waals surface area contributed by atoms with Gasteiger partial charge in [0, 0.05) is 18.5 Å². The number of carbonyl (C=O) groups is 4. The number of hydrogen-bond donors (Lipinski definition) is 2. The molecule has 0 saturated carbocycles. The van der Waals surface area contributed by atoms with Crippen LogP contribution in [-0.4, -0.2) is 87.7 Å². The normalized spacial score (nSPS) is 31.8. The van der Waals surface area contributed by atoms with Crippen LogP contribution in [0.4, 0.5) is 0 Å². The van der Waals surface area contributed by atoms with E-state index < -0.39 is 59.1 Å². The second-order valence-corrected chi connectivity index (χ2v) is 15.7. The van der Waals surface area contributed by atoms with Crippen molar-refractivity contribution in [2.24, 2.45) is 23.2 Å². The summed E-state index contributed by atoms with van der Waals surface area (Å²) in [6.45, 7) is 14.2. The Labute approximate surface area is 284 Å². The number of allylic oxidation sites excluding steroid dienone is 1. The van der Waals surface area contributed by atoms with Crippen molar-refractivity contribution >= 4 is 23.7 Å². The Kier molecular flexibility index (Phi) is 10.3. The van der Waals surface area contributed by atoms with E-state index in [1.54, 1.807) is 11.0 Å². The molecule has 4 aliphatic rings. The lowest BCUT2D eigenvalue weighted by Gasteiger charge is -2.46. The summed E-state index contributed by atoms with van der Waals surface area (Å²) in [5, 5.41) is 13.8. The second kappa shape index (κ2) is 13.8. The molecule has 0 radical (unpaired) electrons. The van der Waals surface area contributed by atoms with E-state index in [1.807, 2.05) is 81.2 Å². The number of cyclic esters (lactones) is 1. The van der Waals surface area contributed by atoms with Crippen molar-refractivity contribution in [1.29, 1.82) is 0 Å². The first kappa shape index (κ1) is 35.8. The van der Waals surface area contributed by atoms with Crippen molar-refractivity contribution in [2.75, 3.05) is 19.8 Å². The van der Waals surface area contributed by atoms with Gasteiger partial charge in [0.25, 0.3) is 0 Å². The van der Waals surface area contributed by atoms with Gasteiger partial charge in [0.05, 0.1) is 36.6 Å². The summed E-state index contributed by atoms with van der Waals surface area (Å²) < 4.78 is 12.3. The number of rotatable bonds is 7. The highest BCUT2D eigenvalue weighted by Crippen LogP contribution is 2.56. The van der Waals surface area contributed by atoms with E-state index in [4.69, 9.17) is 9.47 Å². The molecule has 1 aromatic rings. The fourth-order valence-corrected chi connectivity index (χ4v) is 8.46. The Hall–Kier alpha value is -3.50. The van der Waals surface area contributed by atoms with Gasteiger partial charge in [0.1, 0.15) is 18.2 Å². The van der Waals surface area contributed by atoms with E-state index in [0.29, 0.717) is 19.3 Å². The minimum absolute atomic E-state index is 0.0707. The van der Waals surface area contributed by atoms with Crippen molar-refractivity contribution in [3.63, 3.8) is 0 Å². The van der Waals surface area contributed by atoms with Crippen LogP contribution < -0.4 is 5.32 Å². The van der Waals surface area contributed by atoms with Crippen molar-refractivity contribution in [3.05, 3.63) is 60.2 Å². The number of amides is 3. The number of aliphatic hydroxyl groups is 1. The van der Waals surface area contributed by atoms with Gasteiger partial charge in [-0.25, -0.2) is 0 Å². The van der Waals surface area contributed by atoms with Crippen molar-refractivity contribution in [2.45, 2.75) is 110 Å². The summed E-state index contributed by atoms with van der Waals surface area (Å²) in [6, 6.07) is 6.87. The standard InChI is InChI=1S/C38H53N3O7/c1-8-24(2)27(21-42)41-32-35(46)40(37(6,7)23-36(3,4)5)20-14-10-13-17-29(43)47-22-26(25-15-11-9-12-16-25)39-33(44)30-28-18-19-38(32,48-28)31(30)34(41)45/h9-12,14-16,18-19,24,26-28,30-32,42H,8,13,17,20-23H2,1-7H3,(H,39,44)/b14-10-/t24-,26-,27-,28-,30+,31+,32-,38+/m0/s1. The lowest BCUT2D eigenvalue weighted by atomic mass is 9.73. The van der Waals surface area contributed by atoms with E-state index in [9.17, 15) is 19.5 Å². The van der Waals surface area contributed by atoms with Crippen LogP contribution in [0, 0.1) is 23.2 Å². The number of carbonyl (C=O) groups excluding carboxylic acids is 4. The molecule has 1 spiro atoms. The van der Waals surface area contributed by atoms with E-state index in [1.165, 1.54) is 0 Å². The predicted molar refractivity (Wildman–Crippen MR) is 181 cm³/mol. The van der Waals surface area contributed by atoms with Crippen LogP contribution in [0.5, 0.6) is 0 Å². The fraction of sp³-hybridized carbons (Fsp3) is 0.632. The molecule has 5 rings (SSSR count). The quantitative estimate of drug-likeness (QED) is 0.329. The highest BCUT2D eigenvalue weighted by Gasteiger charge is 2.74. The molecule has 10 heteroatoms. The molecule has 262 valence electrons. The van der Waals surface area contributed by atoms with Crippen LogP contribution in [0.2, 0.25) is 0 Å². The minimum atomic E-state index is -1.38. The molecule has 2 saturated heterocycles. The molecule has 3 amide bonds. The van der Waals surface area contributed by atoms with Crippen molar-refractivity contribution < 1.29 is 33.8 Å². The summed E-state index contributed by atoms with van der Waals surface area (Å²) in [4.78, 5) is 60.5. The lowest BCUT2D eigenvalue weighted by molar-refractivity contribution is -0.155. The maximum atomic E-state index is 15.2. The molecule has 10 nitrogen and oxygen atoms in total. The van der Waals surface area contributed by atoms with Gasteiger partial charge in [-0.1, -0.05) is 95.7 Å². The molecule has 0 aliphatic carbocycles. The van der Waals surface area contributed by atoms with Gasteiger partial charge in [-0.15, -0.1) is 0 Å². The van der Waals surface area contributed by atoms with Crippen LogP contribution in [0.3, 0.4) is 0 Å². The number of fused-ring (bicyclic) bond motifs is 2. The highest BCUT2D eigenvalue weighted by atomic mass is 16.5. The van der Waals surface area contributed by atoms with Gasteiger partial charge >= 0.3 is 5.97 Å². The number of ether oxygens (including phenoxy) is 2. The van der Waals surface area contributed by atoms with E-state index >= 15 is 4.79 Å². The number of nitrogens with one attached hydrogen (secondary N) is 1. The monoisotopic (exact) mass is 663 g/mol. The molecular formula is C38H53N3O7. The Bertz CT molecular complexity index is 1430. The summed E-state index contributed by atoms with van der Waals surface area (Å²) in [7, 11) is 0. The SMILES string of the molecule is CC[C@H](C)[C@H](CO)N1C(=O)[C@H]2[C@@H]3C(=O)N[C@H](c4ccccc4)COC(=O)CC/C=C\CN(C(C)(C)CC(C)(C)C)C(=O)[C@H]1[C@@]21C=C[C@@H]3O1. The molecule has 2 fully saturated rings. The topological polar surface area (TPSA) is 125 Å². The molecule has 4 aliphatic heterocycles. The molecule has 1 aromatic carbocycles. The molecule has 0 unspecified atom stereocenters. The number of benzene rings is 1. The third kappa shape index (κ3) is 6.70. The first-order valence-corrected chi connectivity index (χ1v) is 17.4. The fourth-order valence-electron chi connectivity index (χ4n) is 8.46. The van der Waals surface area contributed by atoms with Crippen molar-refractivity contribution in [1.82, 2.24) is 15.1 Å². The van der Waals surface area contributed by atoms with E-state index in [2.05, 4.69) is 26.1 Å². The number of nitrogens with zero attached hydrogens (tertiary/aromatic N) is 2. The summed E-state index contributed by atoms with van der Waals surface area (Å²) in [6.07, 6.45) is 8.58. The lowest BCUT2D eigenvalue weighted by Crippen LogP contribution is -2.63. The largest absolute Gasteiger partial charge is 0.463 e. The predicted octanol–water partition coefficient (Wildman–Crippen LogP) is 4.34. The zero-order valence-electron chi connectivity index (χ0n) is 29.5. The van der Waals surface area contributed by atoms with Crippen LogP contribution in [0.25, 0.3) is 0 Å². The van der Waals surface area contributed by atoms with Gasteiger partial charge in [0.15, 0.2) is 0 Å². The van der Waals surface area contributed by atoms with E-state index in [-0.39, 0.29) is 49.3 Å².